The highest BCUT2D eigenvalue weighted by atomic mass is 16.5. The van der Waals surface area contributed by atoms with Crippen LogP contribution in [0.25, 0.3) is 11.0 Å². The molecule has 2 heterocycles. The number of rotatable bonds is 1. The zero-order valence-corrected chi connectivity index (χ0v) is 10.5. The van der Waals surface area contributed by atoms with Crippen LogP contribution in [-0.2, 0) is 0 Å². The number of hydrogen-bond donors (Lipinski definition) is 1. The number of fused-ring (bicyclic) bond motifs is 1. The van der Waals surface area contributed by atoms with Crippen LogP contribution in [0.2, 0.25) is 0 Å². The van der Waals surface area contributed by atoms with Crippen molar-refractivity contribution in [2.45, 2.75) is 0 Å². The minimum absolute atomic E-state index is 0.786. The Bertz CT molecular complexity index is 778. The third-order valence-electron chi connectivity index (χ3n) is 2.90. The molecule has 2 aromatic heterocycles. The van der Waals surface area contributed by atoms with Gasteiger partial charge in [-0.2, -0.15) is 0 Å². The molecule has 3 aromatic rings. The molecule has 92 valence electrons. The fourth-order valence-corrected chi connectivity index (χ4v) is 1.95. The van der Waals surface area contributed by atoms with E-state index in [1.165, 1.54) is 0 Å². The van der Waals surface area contributed by atoms with E-state index in [1.807, 2.05) is 42.6 Å². The summed E-state index contributed by atoms with van der Waals surface area (Å²) in [7, 11) is 1.65. The lowest BCUT2D eigenvalue weighted by Gasteiger charge is -2.01. The molecule has 3 rings (SSSR count). The van der Waals surface area contributed by atoms with E-state index < -0.39 is 0 Å². The molecule has 0 atom stereocenters. The van der Waals surface area contributed by atoms with Crippen molar-refractivity contribution >= 4 is 11.0 Å². The molecule has 0 spiro atoms. The first-order valence-electron chi connectivity index (χ1n) is 5.95. The topological polar surface area (TPSA) is 37.9 Å². The van der Waals surface area contributed by atoms with Gasteiger partial charge in [0.15, 0.2) is 0 Å². The molecule has 0 radical (unpaired) electrons. The minimum atomic E-state index is 0.786. The number of aromatic nitrogens is 2. The van der Waals surface area contributed by atoms with Crippen molar-refractivity contribution < 1.29 is 4.74 Å². The lowest BCUT2D eigenvalue weighted by atomic mass is 10.1. The van der Waals surface area contributed by atoms with Crippen LogP contribution in [0.5, 0.6) is 5.75 Å². The Morgan fingerprint density at radius 2 is 1.89 bits per heavy atom. The number of para-hydroxylation sites is 1. The van der Waals surface area contributed by atoms with E-state index >= 15 is 0 Å². The van der Waals surface area contributed by atoms with Crippen LogP contribution in [0, 0.1) is 11.8 Å². The van der Waals surface area contributed by atoms with Crippen LogP contribution >= 0.6 is 0 Å². The Labute approximate surface area is 111 Å². The molecule has 0 amide bonds. The second-order valence-electron chi connectivity index (χ2n) is 4.05. The van der Waals surface area contributed by atoms with E-state index in [2.05, 4.69) is 21.8 Å². The lowest BCUT2D eigenvalue weighted by molar-refractivity contribution is 0.413. The van der Waals surface area contributed by atoms with Crippen LogP contribution in [0.3, 0.4) is 0 Å². The fraction of sp³-hybridized carbons (Fsp3) is 0.0625. The first-order valence-corrected chi connectivity index (χ1v) is 5.95. The Morgan fingerprint density at radius 3 is 2.79 bits per heavy atom. The molecule has 3 heteroatoms. The Balaban J connectivity index is 2.06. The number of ether oxygens (including phenoxy) is 1. The van der Waals surface area contributed by atoms with Gasteiger partial charge in [-0.1, -0.05) is 24.0 Å². The summed E-state index contributed by atoms with van der Waals surface area (Å²) in [5, 5.41) is 1.03. The van der Waals surface area contributed by atoms with Crippen molar-refractivity contribution in [2.75, 3.05) is 7.11 Å². The molecular weight excluding hydrogens is 236 g/mol. The summed E-state index contributed by atoms with van der Waals surface area (Å²) in [6, 6.07) is 11.6. The van der Waals surface area contributed by atoms with E-state index in [1.54, 1.807) is 13.3 Å². The molecule has 19 heavy (non-hydrogen) atoms. The van der Waals surface area contributed by atoms with E-state index in [0.717, 1.165) is 27.9 Å². The maximum atomic E-state index is 5.29. The highest BCUT2D eigenvalue weighted by Gasteiger charge is 2.00. The van der Waals surface area contributed by atoms with E-state index in [4.69, 9.17) is 4.74 Å². The summed E-state index contributed by atoms with van der Waals surface area (Å²) in [5.74, 6) is 7.11. The van der Waals surface area contributed by atoms with Crippen molar-refractivity contribution in [1.82, 2.24) is 9.97 Å². The molecule has 0 aliphatic carbocycles. The molecule has 3 nitrogen and oxygen atoms in total. The number of aromatic amines is 1. The summed E-state index contributed by atoms with van der Waals surface area (Å²) in [4.78, 5) is 7.32. The van der Waals surface area contributed by atoms with Gasteiger partial charge in [-0.3, -0.25) is 0 Å². The van der Waals surface area contributed by atoms with Gasteiger partial charge < -0.3 is 9.72 Å². The van der Waals surface area contributed by atoms with Gasteiger partial charge in [0, 0.05) is 23.3 Å². The second-order valence-corrected chi connectivity index (χ2v) is 4.05. The average Bonchev–Trinajstić information content (AvgIpc) is 2.94. The van der Waals surface area contributed by atoms with Gasteiger partial charge in [-0.05, 0) is 24.3 Å². The molecule has 0 fully saturated rings. The van der Waals surface area contributed by atoms with E-state index in [9.17, 15) is 0 Å². The fourth-order valence-electron chi connectivity index (χ4n) is 1.95. The first kappa shape index (κ1) is 11.4. The van der Waals surface area contributed by atoms with Crippen molar-refractivity contribution in [3.05, 3.63) is 59.9 Å². The number of pyridine rings is 1. The second kappa shape index (κ2) is 4.87. The molecular formula is C16H12N2O. The Morgan fingerprint density at radius 1 is 1.05 bits per heavy atom. The zero-order chi connectivity index (χ0) is 13.1. The normalized spacial score (nSPS) is 9.95. The van der Waals surface area contributed by atoms with Gasteiger partial charge in [0.1, 0.15) is 11.4 Å². The number of benzene rings is 1. The van der Waals surface area contributed by atoms with Crippen molar-refractivity contribution in [2.24, 2.45) is 0 Å². The van der Waals surface area contributed by atoms with Crippen LogP contribution in [0.15, 0.2) is 48.8 Å². The molecule has 0 aliphatic heterocycles. The smallest absolute Gasteiger partial charge is 0.138 e. The van der Waals surface area contributed by atoms with Crippen LogP contribution in [0.1, 0.15) is 11.1 Å². The van der Waals surface area contributed by atoms with Gasteiger partial charge in [0.2, 0.25) is 0 Å². The largest absolute Gasteiger partial charge is 0.495 e. The number of methoxy groups -OCH3 is 1. The van der Waals surface area contributed by atoms with Crippen molar-refractivity contribution in [3.63, 3.8) is 0 Å². The summed E-state index contributed by atoms with van der Waals surface area (Å²) < 4.78 is 5.29. The maximum Gasteiger partial charge on any atom is 0.138 e. The predicted molar refractivity (Wildman–Crippen MR) is 75.1 cm³/mol. The maximum absolute atomic E-state index is 5.29. The molecule has 1 aromatic carbocycles. The van der Waals surface area contributed by atoms with Gasteiger partial charge in [0.25, 0.3) is 0 Å². The molecule has 0 bridgehead atoms. The van der Waals surface area contributed by atoms with E-state index in [0.29, 0.717) is 0 Å². The van der Waals surface area contributed by atoms with Crippen molar-refractivity contribution in [1.29, 1.82) is 0 Å². The summed E-state index contributed by atoms with van der Waals surface area (Å²) in [5.41, 5.74) is 2.69. The highest BCUT2D eigenvalue weighted by Crippen LogP contribution is 2.17. The quantitative estimate of drug-likeness (QED) is 0.672. The standard InChI is InChI=1S/C16H12N2O/c1-19-15-5-3-2-4-13(15)7-6-12-8-10-17-16-14(12)9-11-18-16/h2-5,8-11H,1H3,(H,17,18). The Kier molecular flexibility index (Phi) is 2.91. The minimum Gasteiger partial charge on any atom is -0.495 e. The predicted octanol–water partition coefficient (Wildman–Crippen LogP) is 2.97. The van der Waals surface area contributed by atoms with Crippen molar-refractivity contribution in [3.8, 4) is 17.6 Å². The van der Waals surface area contributed by atoms with Crippen LogP contribution < -0.4 is 4.74 Å². The zero-order valence-electron chi connectivity index (χ0n) is 10.5. The first-order chi connectivity index (χ1) is 9.38. The summed E-state index contributed by atoms with van der Waals surface area (Å²) in [6.45, 7) is 0. The molecule has 0 saturated heterocycles. The summed E-state index contributed by atoms with van der Waals surface area (Å²) >= 11 is 0. The van der Waals surface area contributed by atoms with Gasteiger partial charge in [-0.25, -0.2) is 4.98 Å². The number of H-pyrrole nitrogens is 1. The number of nitrogens with one attached hydrogen (secondary N) is 1. The molecule has 0 unspecified atom stereocenters. The van der Waals surface area contributed by atoms with Gasteiger partial charge in [0.05, 0.1) is 12.7 Å². The molecule has 0 saturated carbocycles. The third kappa shape index (κ3) is 2.16. The van der Waals surface area contributed by atoms with Gasteiger partial charge >= 0.3 is 0 Å². The lowest BCUT2D eigenvalue weighted by Crippen LogP contribution is -1.87. The van der Waals surface area contributed by atoms with Crippen LogP contribution in [-0.4, -0.2) is 17.1 Å². The van der Waals surface area contributed by atoms with E-state index in [-0.39, 0.29) is 0 Å². The molecule has 1 N–H and O–H groups in total. The average molecular weight is 248 g/mol. The SMILES string of the molecule is COc1ccccc1C#Cc1ccnc2[nH]ccc12. The van der Waals surface area contributed by atoms with Gasteiger partial charge in [-0.15, -0.1) is 0 Å². The molecule has 0 aliphatic rings. The number of hydrogen-bond acceptors (Lipinski definition) is 2. The summed E-state index contributed by atoms with van der Waals surface area (Å²) in [6.07, 6.45) is 3.62. The number of nitrogens with zero attached hydrogens (tertiary/aromatic N) is 1. The highest BCUT2D eigenvalue weighted by molar-refractivity contribution is 5.82. The monoisotopic (exact) mass is 248 g/mol. The third-order valence-corrected chi connectivity index (χ3v) is 2.90. The van der Waals surface area contributed by atoms with Crippen LogP contribution in [0.4, 0.5) is 0 Å². The Hall–Kier alpha value is -2.73.